The van der Waals surface area contributed by atoms with E-state index < -0.39 is 0 Å². The maximum absolute atomic E-state index is 5.92. The van der Waals surface area contributed by atoms with Crippen LogP contribution >= 0.6 is 23.1 Å². The van der Waals surface area contributed by atoms with E-state index >= 15 is 0 Å². The molecule has 0 aliphatic heterocycles. The van der Waals surface area contributed by atoms with E-state index in [9.17, 15) is 0 Å². The summed E-state index contributed by atoms with van der Waals surface area (Å²) >= 11 is 3.31. The van der Waals surface area contributed by atoms with Crippen LogP contribution in [-0.4, -0.2) is 31.3 Å². The van der Waals surface area contributed by atoms with Crippen molar-refractivity contribution in [2.24, 2.45) is 0 Å². The number of para-hydroxylation sites is 2. The predicted octanol–water partition coefficient (Wildman–Crippen LogP) is 6.07. The highest BCUT2D eigenvalue weighted by Gasteiger charge is 2.19. The summed E-state index contributed by atoms with van der Waals surface area (Å²) in [7, 11) is 0. The van der Waals surface area contributed by atoms with Crippen molar-refractivity contribution in [3.05, 3.63) is 101 Å². The number of thiazole rings is 1. The highest BCUT2D eigenvalue weighted by Crippen LogP contribution is 2.33. The Labute approximate surface area is 206 Å². The van der Waals surface area contributed by atoms with Gasteiger partial charge in [0, 0.05) is 35.5 Å². The van der Waals surface area contributed by atoms with Gasteiger partial charge < -0.3 is 4.74 Å². The number of pyridine rings is 1. The maximum atomic E-state index is 5.92. The maximum Gasteiger partial charge on any atom is 0.196 e. The van der Waals surface area contributed by atoms with Crippen LogP contribution in [0.4, 0.5) is 0 Å². The molecule has 0 aliphatic rings. The number of hydrogen-bond acceptors (Lipinski definition) is 7. The molecule has 0 spiro atoms. The second kappa shape index (κ2) is 10.6. The minimum absolute atomic E-state index is 0.576. The summed E-state index contributed by atoms with van der Waals surface area (Å²) in [5.74, 6) is 2.22. The van der Waals surface area contributed by atoms with Crippen LogP contribution < -0.4 is 4.74 Å². The van der Waals surface area contributed by atoms with Crippen LogP contribution in [0.2, 0.25) is 0 Å². The Morgan fingerprint density at radius 1 is 0.971 bits per heavy atom. The van der Waals surface area contributed by atoms with E-state index in [1.54, 1.807) is 35.5 Å². The Morgan fingerprint density at radius 3 is 2.65 bits per heavy atom. The molecular weight excluding hydrogens is 462 g/mol. The molecule has 0 amide bonds. The van der Waals surface area contributed by atoms with Crippen LogP contribution in [0.5, 0.6) is 5.75 Å². The number of thioether (sulfide) groups is 1. The molecule has 0 saturated heterocycles. The molecule has 170 valence electrons. The summed E-state index contributed by atoms with van der Waals surface area (Å²) < 4.78 is 7.96. The van der Waals surface area contributed by atoms with E-state index in [1.165, 1.54) is 5.56 Å². The van der Waals surface area contributed by atoms with Gasteiger partial charge in [-0.25, -0.2) is 4.98 Å². The summed E-state index contributed by atoms with van der Waals surface area (Å²) in [5, 5.41) is 13.1. The molecule has 0 saturated carbocycles. The summed E-state index contributed by atoms with van der Waals surface area (Å²) in [6.07, 6.45) is 4.40. The average Bonchev–Trinajstić information content (AvgIpc) is 3.51. The van der Waals surface area contributed by atoms with E-state index in [2.05, 4.69) is 44.8 Å². The number of rotatable bonds is 9. The fourth-order valence-corrected chi connectivity index (χ4v) is 5.36. The zero-order chi connectivity index (χ0) is 23.2. The second-order valence-corrected chi connectivity index (χ2v) is 9.35. The topological polar surface area (TPSA) is 65.7 Å². The SMILES string of the molecule is CCOc1ccccc1-n1c(SCc2csc(Cc3ccccc3)n2)nnc1-c1cccnc1. The molecule has 2 aromatic carbocycles. The molecule has 5 rings (SSSR count). The molecule has 0 N–H and O–H groups in total. The molecule has 0 fully saturated rings. The van der Waals surface area contributed by atoms with Gasteiger partial charge in [-0.15, -0.1) is 21.5 Å². The molecule has 0 aliphatic carbocycles. The molecule has 34 heavy (non-hydrogen) atoms. The first-order chi connectivity index (χ1) is 16.8. The van der Waals surface area contributed by atoms with Crippen molar-refractivity contribution in [1.82, 2.24) is 24.7 Å². The summed E-state index contributed by atoms with van der Waals surface area (Å²) in [6.45, 7) is 2.56. The fraction of sp³-hybridized carbons (Fsp3) is 0.154. The number of aromatic nitrogens is 5. The third kappa shape index (κ3) is 5.03. The molecule has 8 heteroatoms. The van der Waals surface area contributed by atoms with Gasteiger partial charge in [-0.2, -0.15) is 0 Å². The van der Waals surface area contributed by atoms with E-state index in [4.69, 9.17) is 9.72 Å². The average molecular weight is 486 g/mol. The van der Waals surface area contributed by atoms with Gasteiger partial charge in [0.1, 0.15) is 5.75 Å². The van der Waals surface area contributed by atoms with E-state index in [1.807, 2.05) is 54.0 Å². The van der Waals surface area contributed by atoms with Crippen molar-refractivity contribution >= 4 is 23.1 Å². The lowest BCUT2D eigenvalue weighted by atomic mass is 10.2. The second-order valence-electron chi connectivity index (χ2n) is 7.47. The Hall–Kier alpha value is -3.49. The zero-order valence-electron chi connectivity index (χ0n) is 18.7. The van der Waals surface area contributed by atoms with Crippen LogP contribution in [0.25, 0.3) is 17.1 Å². The van der Waals surface area contributed by atoms with Gasteiger partial charge in [-0.3, -0.25) is 9.55 Å². The summed E-state index contributed by atoms with van der Waals surface area (Å²) in [5.41, 5.74) is 4.10. The van der Waals surface area contributed by atoms with E-state index in [0.717, 1.165) is 45.1 Å². The molecule has 5 aromatic rings. The van der Waals surface area contributed by atoms with Crippen LogP contribution in [0.1, 0.15) is 23.2 Å². The van der Waals surface area contributed by atoms with Gasteiger partial charge in [0.05, 0.1) is 23.0 Å². The van der Waals surface area contributed by atoms with Crippen molar-refractivity contribution in [2.75, 3.05) is 6.61 Å². The third-order valence-electron chi connectivity index (χ3n) is 5.11. The Bertz CT molecular complexity index is 1350. The third-order valence-corrected chi connectivity index (χ3v) is 6.97. The van der Waals surface area contributed by atoms with Crippen LogP contribution in [0, 0.1) is 0 Å². The lowest BCUT2D eigenvalue weighted by Crippen LogP contribution is -2.04. The van der Waals surface area contributed by atoms with Crippen molar-refractivity contribution in [3.63, 3.8) is 0 Å². The minimum Gasteiger partial charge on any atom is -0.492 e. The van der Waals surface area contributed by atoms with Crippen molar-refractivity contribution in [2.45, 2.75) is 24.3 Å². The molecule has 0 unspecified atom stereocenters. The zero-order valence-corrected chi connectivity index (χ0v) is 20.3. The van der Waals surface area contributed by atoms with Crippen LogP contribution in [0.3, 0.4) is 0 Å². The monoisotopic (exact) mass is 485 g/mol. The fourth-order valence-electron chi connectivity index (χ4n) is 3.59. The highest BCUT2D eigenvalue weighted by molar-refractivity contribution is 7.98. The highest BCUT2D eigenvalue weighted by atomic mass is 32.2. The lowest BCUT2D eigenvalue weighted by molar-refractivity contribution is 0.338. The van der Waals surface area contributed by atoms with Gasteiger partial charge in [0.25, 0.3) is 0 Å². The minimum atomic E-state index is 0.576. The van der Waals surface area contributed by atoms with Gasteiger partial charge in [0.2, 0.25) is 0 Å². The first-order valence-corrected chi connectivity index (χ1v) is 12.9. The number of benzene rings is 2. The van der Waals surface area contributed by atoms with Gasteiger partial charge in [-0.05, 0) is 36.8 Å². The largest absolute Gasteiger partial charge is 0.492 e. The molecule has 0 atom stereocenters. The van der Waals surface area contributed by atoms with Crippen molar-refractivity contribution in [3.8, 4) is 22.8 Å². The smallest absolute Gasteiger partial charge is 0.196 e. The number of nitrogens with zero attached hydrogens (tertiary/aromatic N) is 5. The summed E-state index contributed by atoms with van der Waals surface area (Å²) in [6, 6.07) is 22.3. The number of hydrogen-bond donors (Lipinski definition) is 0. The van der Waals surface area contributed by atoms with Gasteiger partial charge in [-0.1, -0.05) is 54.2 Å². The van der Waals surface area contributed by atoms with Gasteiger partial charge in [0.15, 0.2) is 11.0 Å². The first kappa shape index (κ1) is 22.3. The Balaban J connectivity index is 1.43. The molecular formula is C26H23N5OS2. The van der Waals surface area contributed by atoms with Crippen molar-refractivity contribution < 1.29 is 4.74 Å². The normalized spacial score (nSPS) is 11.0. The Kier molecular flexibility index (Phi) is 6.97. The molecule has 6 nitrogen and oxygen atoms in total. The van der Waals surface area contributed by atoms with E-state index in [0.29, 0.717) is 12.4 Å². The lowest BCUT2D eigenvalue weighted by Gasteiger charge is -2.14. The van der Waals surface area contributed by atoms with Gasteiger partial charge >= 0.3 is 0 Å². The molecule has 0 radical (unpaired) electrons. The standard InChI is InChI=1S/C26H23N5OS2/c1-2-32-23-13-7-6-12-22(23)31-25(20-11-8-14-27-16-20)29-30-26(31)34-18-21-17-33-24(28-21)15-19-9-4-3-5-10-19/h3-14,16-17H,2,15,18H2,1H3. The molecule has 3 heterocycles. The predicted molar refractivity (Wildman–Crippen MR) is 137 cm³/mol. The summed E-state index contributed by atoms with van der Waals surface area (Å²) in [4.78, 5) is 9.11. The van der Waals surface area contributed by atoms with Crippen molar-refractivity contribution in [1.29, 1.82) is 0 Å². The Morgan fingerprint density at radius 2 is 1.82 bits per heavy atom. The van der Waals surface area contributed by atoms with Crippen LogP contribution in [0.15, 0.2) is 89.7 Å². The number of ether oxygens (including phenoxy) is 1. The molecule has 0 bridgehead atoms. The first-order valence-electron chi connectivity index (χ1n) is 11.0. The van der Waals surface area contributed by atoms with E-state index in [-0.39, 0.29) is 0 Å². The van der Waals surface area contributed by atoms with Crippen LogP contribution in [-0.2, 0) is 12.2 Å². The molecule has 3 aromatic heterocycles. The quantitative estimate of drug-likeness (QED) is 0.236.